The van der Waals surface area contributed by atoms with Crippen LogP contribution >= 0.6 is 11.6 Å². The summed E-state index contributed by atoms with van der Waals surface area (Å²) in [7, 11) is 1.58. The fourth-order valence-corrected chi connectivity index (χ4v) is 1.23. The van der Waals surface area contributed by atoms with Gasteiger partial charge >= 0.3 is 0 Å². The molecule has 16 heavy (non-hydrogen) atoms. The van der Waals surface area contributed by atoms with Crippen LogP contribution in [0.3, 0.4) is 0 Å². The van der Waals surface area contributed by atoms with Gasteiger partial charge in [-0.3, -0.25) is 4.79 Å². The van der Waals surface area contributed by atoms with E-state index in [0.717, 1.165) is 5.75 Å². The van der Waals surface area contributed by atoms with Crippen molar-refractivity contribution in [2.75, 3.05) is 7.11 Å². The van der Waals surface area contributed by atoms with Crippen LogP contribution in [0.5, 0.6) is 5.75 Å². The second-order valence-electron chi connectivity index (χ2n) is 2.93. The molecule has 0 amide bonds. The normalized spacial score (nSPS) is 10.1. The summed E-state index contributed by atoms with van der Waals surface area (Å²) in [5.74, 6) is 0.816. The molecule has 5 nitrogen and oxygen atoms in total. The van der Waals surface area contributed by atoms with E-state index < -0.39 is 5.24 Å². The quantitative estimate of drug-likeness (QED) is 0.767. The van der Waals surface area contributed by atoms with E-state index in [1.807, 2.05) is 0 Å². The van der Waals surface area contributed by atoms with E-state index in [9.17, 15) is 4.79 Å². The number of halogens is 1. The van der Waals surface area contributed by atoms with E-state index in [-0.39, 0.29) is 11.7 Å². The molecule has 0 aliphatic carbocycles. The predicted molar refractivity (Wildman–Crippen MR) is 56.5 cm³/mol. The first-order valence-electron chi connectivity index (χ1n) is 4.38. The fraction of sp³-hybridized carbons (Fsp3) is 0.100. The van der Waals surface area contributed by atoms with Crippen molar-refractivity contribution in [3.63, 3.8) is 0 Å². The van der Waals surface area contributed by atoms with Crippen molar-refractivity contribution in [2.45, 2.75) is 0 Å². The third-order valence-corrected chi connectivity index (χ3v) is 2.11. The number of ether oxygens (including phenoxy) is 1. The maximum absolute atomic E-state index is 10.8. The first-order valence-corrected chi connectivity index (χ1v) is 4.76. The summed E-state index contributed by atoms with van der Waals surface area (Å²) in [6, 6.07) is 6.99. The summed E-state index contributed by atoms with van der Waals surface area (Å²) in [5.41, 5.74) is 0.692. The van der Waals surface area contributed by atoms with Gasteiger partial charge < -0.3 is 9.26 Å². The second-order valence-corrected chi connectivity index (χ2v) is 3.27. The molecule has 0 atom stereocenters. The largest absolute Gasteiger partial charge is 0.497 e. The number of carbonyl (C=O) groups excluding carboxylic acids is 1. The maximum Gasteiger partial charge on any atom is 0.293 e. The standard InChI is InChI=1S/C10H7ClN2O3/c1-15-7-4-2-6(3-5-7)10-12-9(8(11)14)13-16-10/h2-5H,1H3. The zero-order valence-electron chi connectivity index (χ0n) is 8.31. The Kier molecular flexibility index (Phi) is 2.87. The van der Waals surface area contributed by atoms with Crippen molar-refractivity contribution in [1.82, 2.24) is 10.1 Å². The molecular formula is C10H7ClN2O3. The highest BCUT2D eigenvalue weighted by molar-refractivity contribution is 6.67. The Morgan fingerprint density at radius 2 is 2.06 bits per heavy atom. The summed E-state index contributed by atoms with van der Waals surface area (Å²) in [6.45, 7) is 0. The van der Waals surface area contributed by atoms with Gasteiger partial charge in [0.2, 0.25) is 0 Å². The lowest BCUT2D eigenvalue weighted by Crippen LogP contribution is -1.90. The number of carbonyl (C=O) groups is 1. The molecule has 2 aromatic rings. The summed E-state index contributed by atoms with van der Waals surface area (Å²) in [6.07, 6.45) is 0. The SMILES string of the molecule is COc1ccc(-c2nc(C(=O)Cl)no2)cc1. The van der Waals surface area contributed by atoms with Crippen LogP contribution in [0.4, 0.5) is 0 Å². The Bertz CT molecular complexity index is 507. The van der Waals surface area contributed by atoms with Gasteiger partial charge in [0.1, 0.15) is 5.75 Å². The Hall–Kier alpha value is -1.88. The van der Waals surface area contributed by atoms with Gasteiger partial charge in [0.15, 0.2) is 0 Å². The summed E-state index contributed by atoms with van der Waals surface area (Å²) in [4.78, 5) is 14.6. The molecule has 0 saturated carbocycles. The van der Waals surface area contributed by atoms with Gasteiger partial charge in [-0.1, -0.05) is 5.16 Å². The van der Waals surface area contributed by atoms with Gasteiger partial charge in [0, 0.05) is 5.56 Å². The minimum absolute atomic E-state index is 0.146. The Morgan fingerprint density at radius 1 is 1.38 bits per heavy atom. The first-order chi connectivity index (χ1) is 7.70. The van der Waals surface area contributed by atoms with Crippen LogP contribution in [0.15, 0.2) is 28.8 Å². The second kappa shape index (κ2) is 4.32. The Morgan fingerprint density at radius 3 is 2.56 bits per heavy atom. The molecule has 0 saturated heterocycles. The number of aromatic nitrogens is 2. The number of benzene rings is 1. The van der Waals surface area contributed by atoms with E-state index in [1.165, 1.54) is 0 Å². The number of rotatable bonds is 3. The lowest BCUT2D eigenvalue weighted by Gasteiger charge is -1.98. The molecule has 0 N–H and O–H groups in total. The molecule has 0 bridgehead atoms. The summed E-state index contributed by atoms with van der Waals surface area (Å²) < 4.78 is 9.88. The molecule has 6 heteroatoms. The van der Waals surface area contributed by atoms with Crippen molar-refractivity contribution >= 4 is 16.8 Å². The molecule has 0 spiro atoms. The first kappa shape index (κ1) is 10.6. The van der Waals surface area contributed by atoms with Crippen molar-refractivity contribution in [3.8, 4) is 17.2 Å². The van der Waals surface area contributed by atoms with E-state index in [2.05, 4.69) is 10.1 Å². The predicted octanol–water partition coefficient (Wildman–Crippen LogP) is 2.12. The van der Waals surface area contributed by atoms with Crippen molar-refractivity contribution in [1.29, 1.82) is 0 Å². The summed E-state index contributed by atoms with van der Waals surface area (Å²) >= 11 is 5.21. The molecule has 0 fully saturated rings. The Balaban J connectivity index is 2.31. The van der Waals surface area contributed by atoms with Gasteiger partial charge in [-0.05, 0) is 35.9 Å². The number of methoxy groups -OCH3 is 1. The van der Waals surface area contributed by atoms with Crippen LogP contribution in [0, 0.1) is 0 Å². The van der Waals surface area contributed by atoms with Gasteiger partial charge in [0.25, 0.3) is 17.0 Å². The minimum atomic E-state index is -0.747. The zero-order chi connectivity index (χ0) is 11.5. The van der Waals surface area contributed by atoms with Crippen LogP contribution in [0.1, 0.15) is 10.6 Å². The highest BCUT2D eigenvalue weighted by Crippen LogP contribution is 2.20. The van der Waals surface area contributed by atoms with E-state index in [0.29, 0.717) is 5.56 Å². The smallest absolute Gasteiger partial charge is 0.293 e. The third-order valence-electron chi connectivity index (χ3n) is 1.94. The Labute approximate surface area is 96.0 Å². The van der Waals surface area contributed by atoms with Gasteiger partial charge in [0.05, 0.1) is 7.11 Å². The van der Waals surface area contributed by atoms with Crippen molar-refractivity contribution < 1.29 is 14.1 Å². The average molecular weight is 239 g/mol. The van der Waals surface area contributed by atoms with Crippen LogP contribution in [-0.2, 0) is 0 Å². The highest BCUT2D eigenvalue weighted by atomic mass is 35.5. The fourth-order valence-electron chi connectivity index (χ4n) is 1.15. The lowest BCUT2D eigenvalue weighted by molar-refractivity contribution is 0.107. The topological polar surface area (TPSA) is 65.2 Å². The lowest BCUT2D eigenvalue weighted by atomic mass is 10.2. The highest BCUT2D eigenvalue weighted by Gasteiger charge is 2.13. The van der Waals surface area contributed by atoms with E-state index >= 15 is 0 Å². The maximum atomic E-state index is 10.8. The number of nitrogens with zero attached hydrogens (tertiary/aromatic N) is 2. The van der Waals surface area contributed by atoms with Crippen LogP contribution in [-0.4, -0.2) is 22.5 Å². The van der Waals surface area contributed by atoms with Gasteiger partial charge in [-0.2, -0.15) is 4.98 Å². The number of hydrogen-bond donors (Lipinski definition) is 0. The molecule has 0 radical (unpaired) electrons. The van der Waals surface area contributed by atoms with E-state index in [4.69, 9.17) is 20.9 Å². The monoisotopic (exact) mass is 238 g/mol. The minimum Gasteiger partial charge on any atom is -0.497 e. The molecule has 1 aromatic heterocycles. The molecule has 0 aliphatic rings. The summed E-state index contributed by atoms with van der Waals surface area (Å²) in [5, 5.41) is 2.69. The van der Waals surface area contributed by atoms with Gasteiger partial charge in [-0.25, -0.2) is 0 Å². The van der Waals surface area contributed by atoms with Crippen LogP contribution in [0.2, 0.25) is 0 Å². The molecule has 2 rings (SSSR count). The van der Waals surface area contributed by atoms with Crippen LogP contribution in [0.25, 0.3) is 11.5 Å². The molecule has 1 aromatic carbocycles. The molecular weight excluding hydrogens is 232 g/mol. The third kappa shape index (κ3) is 2.04. The van der Waals surface area contributed by atoms with Crippen molar-refractivity contribution in [3.05, 3.63) is 30.1 Å². The average Bonchev–Trinajstić information content (AvgIpc) is 2.78. The molecule has 0 aliphatic heterocycles. The van der Waals surface area contributed by atoms with E-state index in [1.54, 1.807) is 31.4 Å². The zero-order valence-corrected chi connectivity index (χ0v) is 9.06. The number of hydrogen-bond acceptors (Lipinski definition) is 5. The van der Waals surface area contributed by atoms with Crippen LogP contribution < -0.4 is 4.74 Å². The van der Waals surface area contributed by atoms with Gasteiger partial charge in [-0.15, -0.1) is 0 Å². The molecule has 82 valence electrons. The van der Waals surface area contributed by atoms with Crippen molar-refractivity contribution in [2.24, 2.45) is 0 Å². The molecule has 1 heterocycles. The molecule has 0 unspecified atom stereocenters.